The molecule has 0 atom stereocenters. The van der Waals surface area contributed by atoms with E-state index >= 15 is 0 Å². The van der Waals surface area contributed by atoms with E-state index in [-0.39, 0.29) is 0 Å². The molecular formula is C16H18N2. The first-order valence-electron chi connectivity index (χ1n) is 6.17. The van der Waals surface area contributed by atoms with Crippen LogP contribution in [0.15, 0.2) is 53.7 Å². The van der Waals surface area contributed by atoms with Gasteiger partial charge in [0.05, 0.1) is 0 Å². The number of fused-ring (bicyclic) bond motifs is 1. The van der Waals surface area contributed by atoms with E-state index in [2.05, 4.69) is 52.8 Å². The topological polar surface area (TPSA) is 24.4 Å². The average molecular weight is 238 g/mol. The number of hydrogen-bond donors (Lipinski definition) is 1. The summed E-state index contributed by atoms with van der Waals surface area (Å²) in [7, 11) is 1.81. The van der Waals surface area contributed by atoms with Gasteiger partial charge in [-0.3, -0.25) is 4.99 Å². The third kappa shape index (κ3) is 2.59. The van der Waals surface area contributed by atoms with E-state index in [4.69, 9.17) is 0 Å². The third-order valence-electron chi connectivity index (χ3n) is 2.87. The van der Waals surface area contributed by atoms with E-state index in [1.54, 1.807) is 0 Å². The Labute approximate surface area is 108 Å². The number of amidine groups is 1. The van der Waals surface area contributed by atoms with Gasteiger partial charge in [0.1, 0.15) is 5.84 Å². The van der Waals surface area contributed by atoms with Crippen molar-refractivity contribution in [3.63, 3.8) is 0 Å². The minimum Gasteiger partial charge on any atom is -0.347 e. The van der Waals surface area contributed by atoms with Crippen molar-refractivity contribution in [3.8, 4) is 0 Å². The number of nitrogens with zero attached hydrogens (tertiary/aromatic N) is 1. The van der Waals surface area contributed by atoms with Gasteiger partial charge in [-0.1, -0.05) is 48.6 Å². The minimum absolute atomic E-state index is 0.907. The normalized spacial score (nSPS) is 15.2. The molecule has 0 fully saturated rings. The van der Waals surface area contributed by atoms with Crippen LogP contribution in [0, 0.1) is 0 Å². The van der Waals surface area contributed by atoms with Gasteiger partial charge in [-0.2, -0.15) is 0 Å². The molecule has 2 nitrogen and oxygen atoms in total. The first-order chi connectivity index (χ1) is 8.86. The highest BCUT2D eigenvalue weighted by atomic mass is 15.0. The largest absolute Gasteiger partial charge is 0.347 e. The number of aliphatic imine (C=N–C) groups is 1. The Morgan fingerprint density at radius 2 is 2.17 bits per heavy atom. The lowest BCUT2D eigenvalue weighted by Gasteiger charge is -2.12. The maximum absolute atomic E-state index is 4.35. The number of benzene rings is 1. The molecule has 1 aliphatic carbocycles. The van der Waals surface area contributed by atoms with Crippen LogP contribution < -0.4 is 5.32 Å². The number of nitrogens with one attached hydrogen (secondary N) is 1. The Morgan fingerprint density at radius 1 is 1.33 bits per heavy atom. The molecule has 0 aliphatic heterocycles. The molecule has 0 radical (unpaired) electrons. The van der Waals surface area contributed by atoms with Crippen LogP contribution in [0.5, 0.6) is 0 Å². The van der Waals surface area contributed by atoms with Crippen molar-refractivity contribution in [3.05, 3.63) is 59.8 Å². The molecule has 0 amide bonds. The van der Waals surface area contributed by atoms with Crippen LogP contribution in [0.4, 0.5) is 0 Å². The summed E-state index contributed by atoms with van der Waals surface area (Å²) in [4.78, 5) is 4.35. The molecule has 1 aromatic rings. The van der Waals surface area contributed by atoms with Crippen LogP contribution in [0.3, 0.4) is 0 Å². The number of hydrogen-bond acceptors (Lipinski definition) is 1. The van der Waals surface area contributed by atoms with Crippen LogP contribution in [0.25, 0.3) is 11.6 Å². The van der Waals surface area contributed by atoms with Gasteiger partial charge >= 0.3 is 0 Å². The zero-order valence-electron chi connectivity index (χ0n) is 10.9. The Morgan fingerprint density at radius 3 is 2.94 bits per heavy atom. The highest BCUT2D eigenvalue weighted by molar-refractivity contribution is 6.23. The summed E-state index contributed by atoms with van der Waals surface area (Å²) in [5, 5.41) is 3.23. The molecule has 2 heteroatoms. The van der Waals surface area contributed by atoms with E-state index in [1.807, 2.05) is 26.2 Å². The second kappa shape index (κ2) is 6.01. The van der Waals surface area contributed by atoms with Crippen molar-refractivity contribution in [2.24, 2.45) is 4.99 Å². The Bertz CT molecular complexity index is 534. The Balaban J connectivity index is 2.43. The van der Waals surface area contributed by atoms with Gasteiger partial charge in [0.15, 0.2) is 0 Å². The van der Waals surface area contributed by atoms with Crippen molar-refractivity contribution >= 4 is 17.5 Å². The lowest BCUT2D eigenvalue weighted by Crippen LogP contribution is -2.19. The second-order valence-corrected chi connectivity index (χ2v) is 4.06. The van der Waals surface area contributed by atoms with Crippen LogP contribution >= 0.6 is 0 Å². The fourth-order valence-corrected chi connectivity index (χ4v) is 2.03. The van der Waals surface area contributed by atoms with Crippen LogP contribution in [0.1, 0.15) is 24.5 Å². The predicted molar refractivity (Wildman–Crippen MR) is 79.4 cm³/mol. The van der Waals surface area contributed by atoms with Gasteiger partial charge in [-0.15, -0.1) is 0 Å². The summed E-state index contributed by atoms with van der Waals surface area (Å²) in [6.07, 6.45) is 11.4. The molecule has 0 heterocycles. The van der Waals surface area contributed by atoms with E-state index in [9.17, 15) is 0 Å². The molecular weight excluding hydrogens is 220 g/mol. The minimum atomic E-state index is 0.907. The van der Waals surface area contributed by atoms with Gasteiger partial charge in [0, 0.05) is 12.6 Å². The van der Waals surface area contributed by atoms with Gasteiger partial charge in [0.25, 0.3) is 0 Å². The molecule has 0 unspecified atom stereocenters. The molecule has 0 saturated heterocycles. The fraction of sp³-hybridized carbons (Fsp3) is 0.188. The molecule has 0 bridgehead atoms. The molecule has 0 aromatic heterocycles. The van der Waals surface area contributed by atoms with Crippen LogP contribution in [0.2, 0.25) is 0 Å². The predicted octanol–water partition coefficient (Wildman–Crippen LogP) is 3.64. The fourth-order valence-electron chi connectivity index (χ4n) is 2.03. The van der Waals surface area contributed by atoms with Crippen molar-refractivity contribution in [1.82, 2.24) is 5.32 Å². The summed E-state index contributed by atoms with van der Waals surface area (Å²) in [6, 6.07) is 8.40. The summed E-state index contributed by atoms with van der Waals surface area (Å²) in [5.41, 5.74) is 3.63. The van der Waals surface area contributed by atoms with Gasteiger partial charge in [0.2, 0.25) is 0 Å². The quantitative estimate of drug-likeness (QED) is 0.617. The SMILES string of the molecule is C/C=C/NC(=NC)C1=CCC=Cc2ccccc21. The zero-order valence-corrected chi connectivity index (χ0v) is 10.9. The van der Waals surface area contributed by atoms with Gasteiger partial charge in [-0.25, -0.2) is 0 Å². The average Bonchev–Trinajstić information content (AvgIpc) is 2.63. The maximum Gasteiger partial charge on any atom is 0.132 e. The molecule has 0 spiro atoms. The molecule has 1 N–H and O–H groups in total. The molecule has 2 rings (SSSR count). The van der Waals surface area contributed by atoms with Crippen molar-refractivity contribution in [2.45, 2.75) is 13.3 Å². The molecule has 92 valence electrons. The van der Waals surface area contributed by atoms with Crippen molar-refractivity contribution in [1.29, 1.82) is 0 Å². The van der Waals surface area contributed by atoms with Crippen molar-refractivity contribution in [2.75, 3.05) is 7.05 Å². The lowest BCUT2D eigenvalue weighted by molar-refractivity contribution is 1.23. The summed E-state index contributed by atoms with van der Waals surface area (Å²) < 4.78 is 0. The van der Waals surface area contributed by atoms with Crippen molar-refractivity contribution < 1.29 is 0 Å². The highest BCUT2D eigenvalue weighted by Gasteiger charge is 2.12. The van der Waals surface area contributed by atoms with E-state index in [1.165, 1.54) is 11.1 Å². The Hall–Kier alpha value is -2.09. The van der Waals surface area contributed by atoms with Crippen LogP contribution in [-0.4, -0.2) is 12.9 Å². The lowest BCUT2D eigenvalue weighted by atomic mass is 9.99. The summed E-state index contributed by atoms with van der Waals surface area (Å²) in [6.45, 7) is 1.98. The van der Waals surface area contributed by atoms with Crippen LogP contribution in [-0.2, 0) is 0 Å². The van der Waals surface area contributed by atoms with Gasteiger partial charge < -0.3 is 5.32 Å². The van der Waals surface area contributed by atoms with E-state index in [0.29, 0.717) is 0 Å². The highest BCUT2D eigenvalue weighted by Crippen LogP contribution is 2.24. The second-order valence-electron chi connectivity index (χ2n) is 4.06. The first-order valence-corrected chi connectivity index (χ1v) is 6.17. The molecule has 18 heavy (non-hydrogen) atoms. The number of allylic oxidation sites excluding steroid dienone is 3. The number of rotatable bonds is 2. The molecule has 0 saturated carbocycles. The smallest absolute Gasteiger partial charge is 0.132 e. The molecule has 1 aromatic carbocycles. The first kappa shape index (κ1) is 12.4. The maximum atomic E-state index is 4.35. The van der Waals surface area contributed by atoms with E-state index in [0.717, 1.165) is 17.8 Å². The Kier molecular flexibility index (Phi) is 4.13. The summed E-state index contributed by atoms with van der Waals surface area (Å²) in [5.74, 6) is 0.907. The standard InChI is InChI=1S/C16H18N2/c1-3-12-18-16(17-2)15-11-7-5-9-13-8-4-6-10-14(13)15/h3-6,8-12H,7H2,1-2H3,(H,17,18)/b12-3+. The third-order valence-corrected chi connectivity index (χ3v) is 2.87. The zero-order chi connectivity index (χ0) is 12.8. The molecule has 1 aliphatic rings. The monoisotopic (exact) mass is 238 g/mol. The van der Waals surface area contributed by atoms with E-state index < -0.39 is 0 Å². The summed E-state index contributed by atoms with van der Waals surface area (Å²) >= 11 is 0. The van der Waals surface area contributed by atoms with Gasteiger partial charge in [-0.05, 0) is 30.7 Å².